The highest BCUT2D eigenvalue weighted by atomic mass is 79.9. The summed E-state index contributed by atoms with van der Waals surface area (Å²) in [6.07, 6.45) is 5.42. The molecule has 0 unspecified atom stereocenters. The van der Waals surface area contributed by atoms with Crippen LogP contribution >= 0.6 is 15.9 Å². The van der Waals surface area contributed by atoms with Gasteiger partial charge in [0.15, 0.2) is 17.6 Å². The number of hydrogen-bond donors (Lipinski definition) is 1. The highest BCUT2D eigenvalue weighted by Gasteiger charge is 2.75. The molecule has 27 heavy (non-hydrogen) atoms. The predicted octanol–water partition coefficient (Wildman–Crippen LogP) is 3.21. The molecule has 4 rings (SSSR count). The summed E-state index contributed by atoms with van der Waals surface area (Å²) in [5, 5.41) is 11.9. The van der Waals surface area contributed by atoms with E-state index in [4.69, 9.17) is 18.9 Å². The van der Waals surface area contributed by atoms with Crippen molar-refractivity contribution < 1.29 is 24.2 Å². The zero-order valence-electron chi connectivity index (χ0n) is 16.1. The first-order chi connectivity index (χ1) is 12.9. The smallest absolute Gasteiger partial charge is 0.207 e. The van der Waals surface area contributed by atoms with E-state index < -0.39 is 11.2 Å². The maximum atomic E-state index is 9.93. The molecule has 6 nitrogen and oxygen atoms in total. The van der Waals surface area contributed by atoms with Crippen LogP contribution in [-0.2, 0) is 14.9 Å². The maximum absolute atomic E-state index is 9.93. The van der Waals surface area contributed by atoms with Crippen molar-refractivity contribution in [2.24, 2.45) is 5.41 Å². The normalized spacial score (nSPS) is 31.9. The molecule has 1 heterocycles. The fourth-order valence-corrected chi connectivity index (χ4v) is 6.31. The maximum Gasteiger partial charge on any atom is 0.207 e. The Labute approximate surface area is 168 Å². The Bertz CT molecular complexity index is 778. The molecule has 1 fully saturated rings. The number of hydroxylamine groups is 2. The Kier molecular flexibility index (Phi) is 4.59. The molecule has 3 atom stereocenters. The molecule has 0 aromatic heterocycles. The average molecular weight is 440 g/mol. The van der Waals surface area contributed by atoms with Crippen LogP contribution in [0.3, 0.4) is 0 Å². The summed E-state index contributed by atoms with van der Waals surface area (Å²) in [5.74, 6) is 0.575. The van der Waals surface area contributed by atoms with Gasteiger partial charge in [0.1, 0.15) is 0 Å². The number of nitrogens with zero attached hydrogens (tertiary/aromatic N) is 1. The van der Waals surface area contributed by atoms with E-state index in [0.29, 0.717) is 25.1 Å². The van der Waals surface area contributed by atoms with Crippen molar-refractivity contribution in [1.82, 2.24) is 5.06 Å². The van der Waals surface area contributed by atoms with E-state index in [1.54, 1.807) is 28.4 Å². The second-order valence-electron chi connectivity index (χ2n) is 7.68. The molecule has 1 saturated carbocycles. The SMILES string of the molecule is COc1ccc2c3c1O[C@H]1C(OC)(OC)C[C@@](CBr)(C=C2)[C@@]31CCN(C)O. The molecule has 0 spiro atoms. The minimum absolute atomic E-state index is 0.274. The fraction of sp³-hybridized carbons (Fsp3) is 0.600. The molecule has 148 valence electrons. The molecule has 0 amide bonds. The monoisotopic (exact) mass is 439 g/mol. The minimum atomic E-state index is -0.891. The Morgan fingerprint density at radius 1 is 1.30 bits per heavy atom. The summed E-state index contributed by atoms with van der Waals surface area (Å²) in [7, 11) is 6.66. The van der Waals surface area contributed by atoms with Gasteiger partial charge in [-0.3, -0.25) is 0 Å². The summed E-state index contributed by atoms with van der Waals surface area (Å²) < 4.78 is 24.1. The number of halogens is 1. The molecule has 7 heteroatoms. The summed E-state index contributed by atoms with van der Waals surface area (Å²) in [5.41, 5.74) is 1.57. The lowest BCUT2D eigenvalue weighted by molar-refractivity contribution is -0.244. The number of hydrogen-bond acceptors (Lipinski definition) is 6. The standard InChI is InChI=1S/C20H26BrNO5/c1-22(23)10-9-19-15-13-5-6-14(24-2)16(15)27-17(19)20(25-3,26-4)11-18(19,12-21)8-7-13/h5-8,17,23H,9-12H2,1-4H3/t17-,18-,19+/m1/s1. The second kappa shape index (κ2) is 6.46. The highest BCUT2D eigenvalue weighted by Crippen LogP contribution is 2.71. The molecular formula is C20H26BrNO5. The van der Waals surface area contributed by atoms with E-state index in [1.165, 1.54) is 5.06 Å². The van der Waals surface area contributed by atoms with Crippen molar-refractivity contribution in [1.29, 1.82) is 0 Å². The Hall–Kier alpha value is -1.12. The summed E-state index contributed by atoms with van der Waals surface area (Å²) in [6, 6.07) is 4.01. The van der Waals surface area contributed by atoms with E-state index in [1.807, 2.05) is 6.07 Å². The minimum Gasteiger partial charge on any atom is -0.493 e. The van der Waals surface area contributed by atoms with Crippen LogP contribution in [0.2, 0.25) is 0 Å². The quantitative estimate of drug-likeness (QED) is 0.399. The van der Waals surface area contributed by atoms with Gasteiger partial charge in [-0.25, -0.2) is 0 Å². The van der Waals surface area contributed by atoms with Crippen LogP contribution in [0.5, 0.6) is 11.5 Å². The molecule has 0 saturated heterocycles. The van der Waals surface area contributed by atoms with Gasteiger partial charge in [0.05, 0.1) is 12.5 Å². The van der Waals surface area contributed by atoms with Crippen LogP contribution in [0.15, 0.2) is 18.2 Å². The third-order valence-corrected chi connectivity index (χ3v) is 7.69. The average Bonchev–Trinajstić information content (AvgIpc) is 3.16. The molecule has 3 aliphatic rings. The van der Waals surface area contributed by atoms with Gasteiger partial charge in [0.2, 0.25) is 5.79 Å². The first-order valence-corrected chi connectivity index (χ1v) is 10.2. The lowest BCUT2D eigenvalue weighted by Gasteiger charge is -2.45. The lowest BCUT2D eigenvalue weighted by Crippen LogP contribution is -2.54. The molecule has 2 aliphatic carbocycles. The number of benzene rings is 1. The molecule has 0 radical (unpaired) electrons. The van der Waals surface area contributed by atoms with Crippen LogP contribution in [0, 0.1) is 5.41 Å². The predicted molar refractivity (Wildman–Crippen MR) is 105 cm³/mol. The Morgan fingerprint density at radius 3 is 2.63 bits per heavy atom. The third kappa shape index (κ3) is 2.26. The topological polar surface area (TPSA) is 60.4 Å². The first-order valence-electron chi connectivity index (χ1n) is 9.07. The van der Waals surface area contributed by atoms with Gasteiger partial charge in [-0.05, 0) is 18.1 Å². The van der Waals surface area contributed by atoms with Gasteiger partial charge in [-0.15, -0.1) is 0 Å². The number of rotatable bonds is 7. The number of alkyl halides is 1. The van der Waals surface area contributed by atoms with Crippen molar-refractivity contribution in [3.05, 3.63) is 29.3 Å². The molecule has 1 N–H and O–H groups in total. The van der Waals surface area contributed by atoms with Gasteiger partial charge in [0, 0.05) is 50.5 Å². The van der Waals surface area contributed by atoms with Crippen LogP contribution in [0.4, 0.5) is 0 Å². The molecule has 0 bridgehead atoms. The van der Waals surface area contributed by atoms with Gasteiger partial charge < -0.3 is 24.2 Å². The van der Waals surface area contributed by atoms with Crippen molar-refractivity contribution in [2.75, 3.05) is 40.3 Å². The van der Waals surface area contributed by atoms with Crippen LogP contribution in [0.25, 0.3) is 6.08 Å². The van der Waals surface area contributed by atoms with Crippen LogP contribution < -0.4 is 9.47 Å². The van der Waals surface area contributed by atoms with Crippen LogP contribution in [0.1, 0.15) is 24.0 Å². The Balaban J connectivity index is 2.02. The Morgan fingerprint density at radius 2 is 2.04 bits per heavy atom. The van der Waals surface area contributed by atoms with Gasteiger partial charge in [-0.1, -0.05) is 34.1 Å². The summed E-state index contributed by atoms with van der Waals surface area (Å²) >= 11 is 3.77. The second-order valence-corrected chi connectivity index (χ2v) is 8.24. The largest absolute Gasteiger partial charge is 0.493 e. The van der Waals surface area contributed by atoms with E-state index >= 15 is 0 Å². The van der Waals surface area contributed by atoms with Gasteiger partial charge >= 0.3 is 0 Å². The fourth-order valence-electron chi connectivity index (χ4n) is 5.42. The molecule has 1 aromatic rings. The number of methoxy groups -OCH3 is 3. The zero-order valence-corrected chi connectivity index (χ0v) is 17.7. The van der Waals surface area contributed by atoms with E-state index in [9.17, 15) is 5.21 Å². The van der Waals surface area contributed by atoms with Crippen molar-refractivity contribution in [3.63, 3.8) is 0 Å². The van der Waals surface area contributed by atoms with Crippen molar-refractivity contribution in [3.8, 4) is 11.5 Å². The van der Waals surface area contributed by atoms with Gasteiger partial charge in [0.25, 0.3) is 0 Å². The van der Waals surface area contributed by atoms with E-state index in [-0.39, 0.29) is 11.5 Å². The van der Waals surface area contributed by atoms with Gasteiger partial charge in [-0.2, -0.15) is 5.06 Å². The van der Waals surface area contributed by atoms with Crippen molar-refractivity contribution in [2.45, 2.75) is 30.1 Å². The molecule has 1 aliphatic heterocycles. The molecule has 1 aromatic carbocycles. The van der Waals surface area contributed by atoms with E-state index in [2.05, 4.69) is 34.1 Å². The van der Waals surface area contributed by atoms with E-state index in [0.717, 1.165) is 22.2 Å². The molecular weight excluding hydrogens is 414 g/mol. The summed E-state index contributed by atoms with van der Waals surface area (Å²) in [6.45, 7) is 0.502. The zero-order chi connectivity index (χ0) is 19.4. The lowest BCUT2D eigenvalue weighted by atomic mass is 9.57. The van der Waals surface area contributed by atoms with Crippen molar-refractivity contribution >= 4 is 22.0 Å². The van der Waals surface area contributed by atoms with Crippen LogP contribution in [-0.4, -0.2) is 62.4 Å². The number of ether oxygens (including phenoxy) is 4. The first kappa shape index (κ1) is 19.2. The number of allylic oxidation sites excluding steroid dienone is 1. The summed E-state index contributed by atoms with van der Waals surface area (Å²) in [4.78, 5) is 0. The third-order valence-electron chi connectivity index (χ3n) is 6.69. The highest BCUT2D eigenvalue weighted by molar-refractivity contribution is 9.09.